The van der Waals surface area contributed by atoms with E-state index in [1.807, 2.05) is 24.8 Å². The van der Waals surface area contributed by atoms with E-state index < -0.39 is 0 Å². The maximum absolute atomic E-state index is 14.7. The van der Waals surface area contributed by atoms with Crippen LogP contribution < -0.4 is 0 Å². The SMILES string of the molecule is CCc1cc(C2COC3CSC(C(C)C)C3O2)c(F)c(C)c1Cl. The molecule has 2 aliphatic rings. The number of benzene rings is 1. The van der Waals surface area contributed by atoms with Crippen LogP contribution in [0, 0.1) is 18.7 Å². The molecule has 2 fully saturated rings. The summed E-state index contributed by atoms with van der Waals surface area (Å²) in [6.07, 6.45) is 0.597. The summed E-state index contributed by atoms with van der Waals surface area (Å²) in [6, 6.07) is 1.85. The van der Waals surface area contributed by atoms with Gasteiger partial charge in [0, 0.05) is 27.2 Å². The summed E-state index contributed by atoms with van der Waals surface area (Å²) >= 11 is 8.15. The fourth-order valence-electron chi connectivity index (χ4n) is 3.45. The lowest BCUT2D eigenvalue weighted by atomic mass is 9.97. The molecule has 0 spiro atoms. The van der Waals surface area contributed by atoms with Gasteiger partial charge in [-0.25, -0.2) is 4.39 Å². The average Bonchev–Trinajstić information content (AvgIpc) is 2.96. The Hall–Kier alpha value is -0.290. The second kappa shape index (κ2) is 6.91. The van der Waals surface area contributed by atoms with Crippen molar-refractivity contribution in [3.05, 3.63) is 33.6 Å². The van der Waals surface area contributed by atoms with Crippen LogP contribution in [-0.2, 0) is 15.9 Å². The molecule has 2 heterocycles. The fourth-order valence-corrected chi connectivity index (χ4v) is 5.23. The van der Waals surface area contributed by atoms with Crippen LogP contribution in [0.1, 0.15) is 43.6 Å². The molecule has 128 valence electrons. The van der Waals surface area contributed by atoms with Crippen LogP contribution in [0.2, 0.25) is 5.02 Å². The van der Waals surface area contributed by atoms with Gasteiger partial charge in [0.15, 0.2) is 0 Å². The minimum Gasteiger partial charge on any atom is -0.372 e. The van der Waals surface area contributed by atoms with E-state index in [9.17, 15) is 4.39 Å². The molecule has 5 heteroatoms. The van der Waals surface area contributed by atoms with Crippen molar-refractivity contribution < 1.29 is 13.9 Å². The fraction of sp³-hybridized carbons (Fsp3) is 0.667. The highest BCUT2D eigenvalue weighted by Crippen LogP contribution is 2.42. The molecule has 0 radical (unpaired) electrons. The van der Waals surface area contributed by atoms with Crippen LogP contribution in [0.4, 0.5) is 4.39 Å². The standard InChI is InChI=1S/C18H24ClFO2S/c1-5-11-6-12(16(20)10(4)15(11)19)13-7-21-14-8-23-18(9(2)3)17(14)22-13/h6,9,13-14,17-18H,5,7-8H2,1-4H3. The third-order valence-electron chi connectivity index (χ3n) is 4.83. The van der Waals surface area contributed by atoms with Gasteiger partial charge in [-0.15, -0.1) is 0 Å². The molecule has 3 rings (SSSR count). The molecule has 0 aromatic heterocycles. The maximum Gasteiger partial charge on any atom is 0.133 e. The number of fused-ring (bicyclic) bond motifs is 1. The topological polar surface area (TPSA) is 18.5 Å². The first-order chi connectivity index (χ1) is 10.9. The summed E-state index contributed by atoms with van der Waals surface area (Å²) in [5.74, 6) is 1.22. The Labute approximate surface area is 147 Å². The molecule has 1 aromatic carbocycles. The van der Waals surface area contributed by atoms with E-state index in [0.717, 1.165) is 17.7 Å². The number of halogens is 2. The lowest BCUT2D eigenvalue weighted by Crippen LogP contribution is -2.43. The summed E-state index contributed by atoms with van der Waals surface area (Å²) in [4.78, 5) is 0. The van der Waals surface area contributed by atoms with Crippen molar-refractivity contribution in [1.29, 1.82) is 0 Å². The molecule has 4 unspecified atom stereocenters. The third-order valence-corrected chi connectivity index (χ3v) is 7.08. The normalized spacial score (nSPS) is 30.7. The first-order valence-electron chi connectivity index (χ1n) is 8.30. The van der Waals surface area contributed by atoms with Gasteiger partial charge in [0.05, 0.1) is 18.8 Å². The van der Waals surface area contributed by atoms with Gasteiger partial charge in [-0.1, -0.05) is 32.4 Å². The van der Waals surface area contributed by atoms with Gasteiger partial charge < -0.3 is 9.47 Å². The smallest absolute Gasteiger partial charge is 0.133 e. The quantitative estimate of drug-likeness (QED) is 0.761. The number of aryl methyl sites for hydroxylation is 1. The summed E-state index contributed by atoms with van der Waals surface area (Å²) in [5.41, 5.74) is 2.06. The highest BCUT2D eigenvalue weighted by Gasteiger charge is 2.45. The number of ether oxygens (including phenoxy) is 2. The van der Waals surface area contributed by atoms with Crippen LogP contribution >= 0.6 is 23.4 Å². The molecule has 0 aliphatic carbocycles. The Balaban J connectivity index is 1.89. The van der Waals surface area contributed by atoms with E-state index in [1.165, 1.54) is 0 Å². The van der Waals surface area contributed by atoms with Crippen molar-refractivity contribution in [1.82, 2.24) is 0 Å². The molecule has 2 aliphatic heterocycles. The first-order valence-corrected chi connectivity index (χ1v) is 9.72. The van der Waals surface area contributed by atoms with Crippen LogP contribution in [0.25, 0.3) is 0 Å². The molecule has 0 amide bonds. The van der Waals surface area contributed by atoms with Crippen molar-refractivity contribution >= 4 is 23.4 Å². The minimum atomic E-state index is -0.350. The molecule has 0 bridgehead atoms. The maximum atomic E-state index is 14.7. The van der Waals surface area contributed by atoms with E-state index in [2.05, 4.69) is 13.8 Å². The summed E-state index contributed by atoms with van der Waals surface area (Å²) < 4.78 is 27.1. The second-order valence-electron chi connectivity index (χ2n) is 6.73. The summed E-state index contributed by atoms with van der Waals surface area (Å²) in [6.45, 7) is 8.58. The van der Waals surface area contributed by atoms with Crippen molar-refractivity contribution in [3.63, 3.8) is 0 Å². The Bertz CT molecular complexity index is 593. The Kier molecular flexibility index (Phi) is 5.27. The Morgan fingerprint density at radius 2 is 2.17 bits per heavy atom. The van der Waals surface area contributed by atoms with Crippen LogP contribution in [0.5, 0.6) is 0 Å². The molecular weight excluding hydrogens is 335 g/mol. The molecule has 1 aromatic rings. The zero-order chi connectivity index (χ0) is 16.7. The van der Waals surface area contributed by atoms with Crippen molar-refractivity contribution in [3.8, 4) is 0 Å². The van der Waals surface area contributed by atoms with E-state index in [4.69, 9.17) is 21.1 Å². The average molecular weight is 359 g/mol. The van der Waals surface area contributed by atoms with Crippen LogP contribution in [0.15, 0.2) is 6.07 Å². The van der Waals surface area contributed by atoms with Crippen molar-refractivity contribution in [2.45, 2.75) is 57.7 Å². The number of thioether (sulfide) groups is 1. The molecule has 0 saturated carbocycles. The second-order valence-corrected chi connectivity index (χ2v) is 8.32. The van der Waals surface area contributed by atoms with Gasteiger partial charge in [-0.05, 0) is 30.9 Å². The van der Waals surface area contributed by atoms with Gasteiger partial charge >= 0.3 is 0 Å². The molecule has 2 nitrogen and oxygen atoms in total. The van der Waals surface area contributed by atoms with Gasteiger partial charge in [-0.3, -0.25) is 0 Å². The Morgan fingerprint density at radius 3 is 2.83 bits per heavy atom. The molecule has 23 heavy (non-hydrogen) atoms. The lowest BCUT2D eigenvalue weighted by Gasteiger charge is -2.36. The largest absolute Gasteiger partial charge is 0.372 e. The van der Waals surface area contributed by atoms with Gasteiger partial charge in [0.25, 0.3) is 0 Å². The van der Waals surface area contributed by atoms with E-state index >= 15 is 0 Å². The highest BCUT2D eigenvalue weighted by atomic mass is 35.5. The zero-order valence-electron chi connectivity index (χ0n) is 14.1. The first kappa shape index (κ1) is 17.5. The predicted octanol–water partition coefficient (Wildman–Crippen LogP) is 4.95. The van der Waals surface area contributed by atoms with Gasteiger partial charge in [0.1, 0.15) is 11.9 Å². The van der Waals surface area contributed by atoms with Crippen LogP contribution in [-0.4, -0.2) is 29.8 Å². The predicted molar refractivity (Wildman–Crippen MR) is 94.0 cm³/mol. The number of rotatable bonds is 3. The number of hydrogen-bond donors (Lipinski definition) is 0. The van der Waals surface area contributed by atoms with Crippen molar-refractivity contribution in [2.75, 3.05) is 12.4 Å². The highest BCUT2D eigenvalue weighted by molar-refractivity contribution is 8.00. The third kappa shape index (κ3) is 3.15. The monoisotopic (exact) mass is 358 g/mol. The van der Waals surface area contributed by atoms with Crippen LogP contribution in [0.3, 0.4) is 0 Å². The molecule has 4 atom stereocenters. The van der Waals surface area contributed by atoms with E-state index in [-0.39, 0.29) is 24.1 Å². The summed E-state index contributed by atoms with van der Waals surface area (Å²) in [5, 5.41) is 0.935. The van der Waals surface area contributed by atoms with E-state index in [1.54, 1.807) is 6.92 Å². The van der Waals surface area contributed by atoms with E-state index in [0.29, 0.717) is 33.9 Å². The molecular formula is C18H24ClFO2S. The molecule has 2 saturated heterocycles. The number of hydrogen-bond acceptors (Lipinski definition) is 3. The lowest BCUT2D eigenvalue weighted by molar-refractivity contribution is -0.173. The summed E-state index contributed by atoms with van der Waals surface area (Å²) in [7, 11) is 0. The minimum absolute atomic E-state index is 0.0409. The zero-order valence-corrected chi connectivity index (χ0v) is 15.6. The van der Waals surface area contributed by atoms with Gasteiger partial charge in [-0.2, -0.15) is 11.8 Å². The van der Waals surface area contributed by atoms with Gasteiger partial charge in [0.2, 0.25) is 0 Å². The Morgan fingerprint density at radius 1 is 1.43 bits per heavy atom. The van der Waals surface area contributed by atoms with Crippen molar-refractivity contribution in [2.24, 2.45) is 5.92 Å². The molecule has 0 N–H and O–H groups in total.